The molecule has 6 nitrogen and oxygen atoms in total. The van der Waals surface area contributed by atoms with Gasteiger partial charge in [-0.15, -0.1) is 11.3 Å². The highest BCUT2D eigenvalue weighted by Crippen LogP contribution is 2.30. The number of thiazole rings is 1. The van der Waals surface area contributed by atoms with Gasteiger partial charge < -0.3 is 5.32 Å². The number of fused-ring (bicyclic) bond motifs is 1. The smallest absolute Gasteiger partial charge is 0.231 e. The van der Waals surface area contributed by atoms with E-state index in [-0.39, 0.29) is 24.9 Å². The van der Waals surface area contributed by atoms with Crippen LogP contribution in [-0.2, 0) is 27.7 Å². The van der Waals surface area contributed by atoms with Crippen LogP contribution in [0, 0.1) is 5.92 Å². The van der Waals surface area contributed by atoms with Gasteiger partial charge in [-0.1, -0.05) is 0 Å². The molecule has 110 valence electrons. The molecule has 1 saturated heterocycles. The summed E-state index contributed by atoms with van der Waals surface area (Å²) in [6, 6.07) is 0. The molecule has 2 heterocycles. The van der Waals surface area contributed by atoms with E-state index in [1.54, 1.807) is 11.3 Å². The SMILES string of the molecule is CS(=O)(=O)N1CC(C(=O)Nc2nc3c(s2)CCCC3)C1. The van der Waals surface area contributed by atoms with Crippen LogP contribution >= 0.6 is 11.3 Å². The van der Waals surface area contributed by atoms with Crippen molar-refractivity contribution in [3.05, 3.63) is 10.6 Å². The number of hydrogen-bond acceptors (Lipinski definition) is 5. The number of amides is 1. The van der Waals surface area contributed by atoms with Crippen molar-refractivity contribution in [1.82, 2.24) is 9.29 Å². The third-order valence-electron chi connectivity index (χ3n) is 3.76. The molecule has 2 aliphatic rings. The quantitative estimate of drug-likeness (QED) is 0.897. The average molecular weight is 315 g/mol. The van der Waals surface area contributed by atoms with E-state index in [9.17, 15) is 13.2 Å². The zero-order valence-electron chi connectivity index (χ0n) is 11.3. The average Bonchev–Trinajstić information content (AvgIpc) is 2.66. The number of nitrogens with one attached hydrogen (secondary N) is 1. The zero-order valence-corrected chi connectivity index (χ0v) is 12.9. The van der Waals surface area contributed by atoms with Crippen molar-refractivity contribution in [2.75, 3.05) is 24.7 Å². The van der Waals surface area contributed by atoms with Gasteiger partial charge in [0.2, 0.25) is 15.9 Å². The van der Waals surface area contributed by atoms with Crippen molar-refractivity contribution in [2.45, 2.75) is 25.7 Å². The summed E-state index contributed by atoms with van der Waals surface area (Å²) in [6.07, 6.45) is 5.56. The highest BCUT2D eigenvalue weighted by molar-refractivity contribution is 7.88. The van der Waals surface area contributed by atoms with Crippen molar-refractivity contribution in [1.29, 1.82) is 0 Å². The highest BCUT2D eigenvalue weighted by atomic mass is 32.2. The van der Waals surface area contributed by atoms with Gasteiger partial charge >= 0.3 is 0 Å². The van der Waals surface area contributed by atoms with E-state index >= 15 is 0 Å². The molecule has 1 aromatic rings. The summed E-state index contributed by atoms with van der Waals surface area (Å²) in [5.41, 5.74) is 1.11. The molecule has 20 heavy (non-hydrogen) atoms. The standard InChI is InChI=1S/C12H17N3O3S2/c1-20(17,18)15-6-8(7-15)11(16)14-12-13-9-4-2-3-5-10(9)19-12/h8H,2-7H2,1H3,(H,13,14,16). The first-order valence-corrected chi connectivity index (χ1v) is 9.34. The molecule has 1 aliphatic heterocycles. The number of hydrogen-bond donors (Lipinski definition) is 1. The van der Waals surface area contributed by atoms with Crippen molar-refractivity contribution in [3.8, 4) is 0 Å². The Morgan fingerprint density at radius 1 is 1.35 bits per heavy atom. The minimum Gasteiger partial charge on any atom is -0.302 e. The maximum atomic E-state index is 12.0. The fraction of sp³-hybridized carbons (Fsp3) is 0.667. The van der Waals surface area contributed by atoms with E-state index in [0.717, 1.165) is 31.2 Å². The monoisotopic (exact) mass is 315 g/mol. The van der Waals surface area contributed by atoms with Crippen LogP contribution in [0.3, 0.4) is 0 Å². The van der Waals surface area contributed by atoms with E-state index in [2.05, 4.69) is 10.3 Å². The van der Waals surface area contributed by atoms with Gasteiger partial charge in [-0.2, -0.15) is 0 Å². The number of anilines is 1. The summed E-state index contributed by atoms with van der Waals surface area (Å²) in [5, 5.41) is 3.47. The lowest BCUT2D eigenvalue weighted by molar-refractivity contribution is -0.122. The molecule has 0 spiro atoms. The highest BCUT2D eigenvalue weighted by Gasteiger charge is 2.38. The van der Waals surface area contributed by atoms with Gasteiger partial charge in [-0.3, -0.25) is 4.79 Å². The lowest BCUT2D eigenvalue weighted by atomic mass is 10.0. The molecular formula is C12H17N3O3S2. The Bertz CT molecular complexity index is 609. The van der Waals surface area contributed by atoms with Crippen LogP contribution in [-0.4, -0.2) is 43.0 Å². The molecule has 1 aliphatic carbocycles. The van der Waals surface area contributed by atoms with Crippen LogP contribution in [0.25, 0.3) is 0 Å². The number of rotatable bonds is 3. The Kier molecular flexibility index (Phi) is 3.55. The Hall–Kier alpha value is -0.990. The van der Waals surface area contributed by atoms with Crippen molar-refractivity contribution in [3.63, 3.8) is 0 Å². The molecule has 1 amide bonds. The Morgan fingerprint density at radius 3 is 2.70 bits per heavy atom. The van der Waals surface area contributed by atoms with Crippen molar-refractivity contribution < 1.29 is 13.2 Å². The molecule has 8 heteroatoms. The molecule has 0 unspecified atom stereocenters. The van der Waals surface area contributed by atoms with E-state index in [0.29, 0.717) is 5.13 Å². The summed E-state index contributed by atoms with van der Waals surface area (Å²) in [7, 11) is -3.17. The zero-order chi connectivity index (χ0) is 14.3. The van der Waals surface area contributed by atoms with E-state index in [1.165, 1.54) is 15.6 Å². The topological polar surface area (TPSA) is 79.4 Å². The van der Waals surface area contributed by atoms with Gasteiger partial charge in [0.1, 0.15) is 0 Å². The fourth-order valence-corrected chi connectivity index (χ4v) is 4.44. The van der Waals surface area contributed by atoms with Crippen LogP contribution < -0.4 is 5.32 Å². The number of aromatic nitrogens is 1. The van der Waals surface area contributed by atoms with Gasteiger partial charge in [0.25, 0.3) is 0 Å². The van der Waals surface area contributed by atoms with Crippen LogP contribution in [0.15, 0.2) is 0 Å². The predicted octanol–water partition coefficient (Wildman–Crippen LogP) is 0.852. The van der Waals surface area contributed by atoms with E-state index in [1.807, 2.05) is 0 Å². The summed E-state index contributed by atoms with van der Waals surface area (Å²) >= 11 is 1.55. The maximum Gasteiger partial charge on any atom is 0.231 e. The minimum absolute atomic E-state index is 0.129. The minimum atomic E-state index is -3.17. The summed E-state index contributed by atoms with van der Waals surface area (Å²) in [4.78, 5) is 17.7. The van der Waals surface area contributed by atoms with Gasteiger partial charge in [-0.25, -0.2) is 17.7 Å². The molecule has 3 rings (SSSR count). The van der Waals surface area contributed by atoms with Crippen LogP contribution in [0.5, 0.6) is 0 Å². The van der Waals surface area contributed by atoms with Crippen LogP contribution in [0.2, 0.25) is 0 Å². The summed E-state index contributed by atoms with van der Waals surface area (Å²) in [5.74, 6) is -0.387. The first-order chi connectivity index (χ1) is 9.43. The van der Waals surface area contributed by atoms with Gasteiger partial charge in [0, 0.05) is 18.0 Å². The summed E-state index contributed by atoms with van der Waals surface area (Å²) < 4.78 is 23.8. The molecular weight excluding hydrogens is 298 g/mol. The normalized spacial score (nSPS) is 20.2. The summed E-state index contributed by atoms with van der Waals surface area (Å²) in [6.45, 7) is 0.547. The van der Waals surface area contributed by atoms with Gasteiger partial charge in [0.15, 0.2) is 5.13 Å². The molecule has 0 radical (unpaired) electrons. The van der Waals surface area contributed by atoms with Gasteiger partial charge in [-0.05, 0) is 25.7 Å². The third kappa shape index (κ3) is 2.72. The number of carbonyl (C=O) groups is 1. The van der Waals surface area contributed by atoms with Crippen molar-refractivity contribution >= 4 is 32.4 Å². The third-order valence-corrected chi connectivity index (χ3v) is 6.07. The number of nitrogens with zero attached hydrogens (tertiary/aromatic N) is 2. The van der Waals surface area contributed by atoms with Crippen LogP contribution in [0.1, 0.15) is 23.4 Å². The Balaban J connectivity index is 1.59. The van der Waals surface area contributed by atoms with E-state index in [4.69, 9.17) is 0 Å². The largest absolute Gasteiger partial charge is 0.302 e. The first-order valence-electron chi connectivity index (χ1n) is 6.68. The second kappa shape index (κ2) is 5.09. The molecule has 0 aromatic carbocycles. The molecule has 1 N–H and O–H groups in total. The molecule has 0 atom stereocenters. The molecule has 0 saturated carbocycles. The molecule has 0 bridgehead atoms. The second-order valence-electron chi connectivity index (χ2n) is 5.36. The maximum absolute atomic E-state index is 12.0. The number of sulfonamides is 1. The first kappa shape index (κ1) is 14.0. The van der Waals surface area contributed by atoms with Crippen molar-refractivity contribution in [2.24, 2.45) is 5.92 Å². The van der Waals surface area contributed by atoms with Gasteiger partial charge in [0.05, 0.1) is 17.9 Å². The lowest BCUT2D eigenvalue weighted by Crippen LogP contribution is -2.53. The number of carbonyl (C=O) groups excluding carboxylic acids is 1. The number of aryl methyl sites for hydroxylation is 2. The Morgan fingerprint density at radius 2 is 2.05 bits per heavy atom. The predicted molar refractivity (Wildman–Crippen MR) is 77.3 cm³/mol. The molecule has 1 aromatic heterocycles. The van der Waals surface area contributed by atoms with E-state index < -0.39 is 10.0 Å². The van der Waals surface area contributed by atoms with Crippen LogP contribution in [0.4, 0.5) is 5.13 Å². The fourth-order valence-electron chi connectivity index (χ4n) is 2.49. The Labute approximate surface area is 122 Å². The lowest BCUT2D eigenvalue weighted by Gasteiger charge is -2.35. The second-order valence-corrected chi connectivity index (χ2v) is 8.43. The molecule has 1 fully saturated rings.